The van der Waals surface area contributed by atoms with Crippen LogP contribution in [0.4, 0.5) is 0 Å². The first-order chi connectivity index (χ1) is 5.54. The van der Waals surface area contributed by atoms with E-state index in [0.29, 0.717) is 0 Å². The number of pyridine rings is 1. The Bertz CT molecular complexity index is 197. The van der Waals surface area contributed by atoms with Crippen molar-refractivity contribution in [3.05, 3.63) is 29.6 Å². The Morgan fingerprint density at radius 3 is 2.08 bits per heavy atom. The molecule has 0 aliphatic carbocycles. The van der Waals surface area contributed by atoms with E-state index in [1.807, 2.05) is 19.2 Å². The topological polar surface area (TPSA) is 33.1 Å². The molecule has 0 fully saturated rings. The van der Waals surface area contributed by atoms with Crippen LogP contribution in [0.1, 0.15) is 25.1 Å². The number of aryl methyl sites for hydroxylation is 2. The van der Waals surface area contributed by atoms with Crippen molar-refractivity contribution in [2.24, 2.45) is 0 Å². The third-order valence-electron chi connectivity index (χ3n) is 1.27. The van der Waals surface area contributed by atoms with Crippen LogP contribution < -0.4 is 0 Å². The summed E-state index contributed by atoms with van der Waals surface area (Å²) in [5.74, 6) is 0. The molecule has 12 heavy (non-hydrogen) atoms. The molecule has 0 unspecified atom stereocenters. The standard InChI is InChI=1S/C7H9N.C3H8O/c1-6-4-3-5-8-7(6)2;1-3(2)4/h3-5H,1-2H3;3-4H,1-2H3. The fourth-order valence-corrected chi connectivity index (χ4v) is 0.565. The number of aliphatic hydroxyl groups excluding tert-OH is 1. The molecule has 1 aromatic rings. The van der Waals surface area contributed by atoms with Crippen molar-refractivity contribution in [2.45, 2.75) is 33.8 Å². The maximum absolute atomic E-state index is 8.06. The number of rotatable bonds is 0. The molecule has 2 nitrogen and oxygen atoms in total. The molecular formula is C10H17NO. The fraction of sp³-hybridized carbons (Fsp3) is 0.500. The Balaban J connectivity index is 0.000000261. The zero-order chi connectivity index (χ0) is 9.56. The Labute approximate surface area is 74.3 Å². The van der Waals surface area contributed by atoms with Gasteiger partial charge in [0.1, 0.15) is 0 Å². The summed E-state index contributed by atoms with van der Waals surface area (Å²) in [6.07, 6.45) is 1.64. The summed E-state index contributed by atoms with van der Waals surface area (Å²) in [6.45, 7) is 7.51. The average molecular weight is 167 g/mol. The second-order valence-corrected chi connectivity index (χ2v) is 3.00. The lowest BCUT2D eigenvalue weighted by molar-refractivity contribution is 0.216. The lowest BCUT2D eigenvalue weighted by Gasteiger charge is -1.92. The first-order valence-electron chi connectivity index (χ1n) is 4.10. The van der Waals surface area contributed by atoms with E-state index < -0.39 is 0 Å². The van der Waals surface area contributed by atoms with Crippen LogP contribution in [-0.2, 0) is 0 Å². The molecule has 0 saturated heterocycles. The lowest BCUT2D eigenvalue weighted by atomic mass is 10.2. The summed E-state index contributed by atoms with van der Waals surface area (Å²) in [5.41, 5.74) is 2.38. The number of aromatic nitrogens is 1. The lowest BCUT2D eigenvalue weighted by Crippen LogP contribution is -1.85. The van der Waals surface area contributed by atoms with Gasteiger partial charge in [-0.15, -0.1) is 0 Å². The van der Waals surface area contributed by atoms with Gasteiger partial charge in [-0.05, 0) is 39.3 Å². The molecule has 0 amide bonds. The van der Waals surface area contributed by atoms with Gasteiger partial charge in [-0.2, -0.15) is 0 Å². The summed E-state index contributed by atoms with van der Waals surface area (Å²) >= 11 is 0. The molecule has 1 rings (SSSR count). The predicted molar refractivity (Wildman–Crippen MR) is 51.1 cm³/mol. The molecule has 1 N–H and O–H groups in total. The highest BCUT2D eigenvalue weighted by atomic mass is 16.3. The fourth-order valence-electron chi connectivity index (χ4n) is 0.565. The Kier molecular flexibility index (Phi) is 5.30. The molecule has 0 atom stereocenters. The minimum absolute atomic E-state index is 0.167. The minimum Gasteiger partial charge on any atom is -0.394 e. The van der Waals surface area contributed by atoms with Crippen molar-refractivity contribution in [3.8, 4) is 0 Å². The third kappa shape index (κ3) is 5.86. The van der Waals surface area contributed by atoms with Gasteiger partial charge in [0.2, 0.25) is 0 Å². The second-order valence-electron chi connectivity index (χ2n) is 3.00. The van der Waals surface area contributed by atoms with Crippen molar-refractivity contribution >= 4 is 0 Å². The van der Waals surface area contributed by atoms with Crippen LogP contribution in [0.3, 0.4) is 0 Å². The van der Waals surface area contributed by atoms with E-state index in [1.165, 1.54) is 5.56 Å². The molecule has 0 radical (unpaired) electrons. The SMILES string of the molecule is CC(C)O.Cc1cccnc1C. The van der Waals surface area contributed by atoms with Crippen LogP contribution in [0, 0.1) is 13.8 Å². The van der Waals surface area contributed by atoms with E-state index in [1.54, 1.807) is 13.8 Å². The number of aliphatic hydroxyl groups is 1. The van der Waals surface area contributed by atoms with E-state index in [9.17, 15) is 0 Å². The van der Waals surface area contributed by atoms with Crippen LogP contribution in [0.25, 0.3) is 0 Å². The average Bonchev–Trinajstić information content (AvgIpc) is 1.94. The van der Waals surface area contributed by atoms with Crippen LogP contribution in [0.2, 0.25) is 0 Å². The van der Waals surface area contributed by atoms with Gasteiger partial charge in [0.15, 0.2) is 0 Å². The van der Waals surface area contributed by atoms with Crippen LogP contribution in [0.15, 0.2) is 18.3 Å². The number of hydrogen-bond donors (Lipinski definition) is 1. The van der Waals surface area contributed by atoms with Gasteiger partial charge < -0.3 is 5.11 Å². The molecule has 68 valence electrons. The first kappa shape index (κ1) is 11.1. The second kappa shape index (κ2) is 5.72. The monoisotopic (exact) mass is 167 g/mol. The van der Waals surface area contributed by atoms with Gasteiger partial charge in [-0.25, -0.2) is 0 Å². The highest BCUT2D eigenvalue weighted by Crippen LogP contribution is 1.98. The van der Waals surface area contributed by atoms with Crippen molar-refractivity contribution in [2.75, 3.05) is 0 Å². The predicted octanol–water partition coefficient (Wildman–Crippen LogP) is 2.09. The normalized spacial score (nSPS) is 9.17. The van der Waals surface area contributed by atoms with Gasteiger partial charge >= 0.3 is 0 Å². The molecule has 0 aliphatic heterocycles. The highest BCUT2D eigenvalue weighted by molar-refractivity contribution is 5.15. The molecule has 1 aromatic heterocycles. The third-order valence-corrected chi connectivity index (χ3v) is 1.27. The molecule has 0 aromatic carbocycles. The van der Waals surface area contributed by atoms with Gasteiger partial charge in [0.25, 0.3) is 0 Å². The molecule has 0 spiro atoms. The molecule has 2 heteroatoms. The molecule has 0 bridgehead atoms. The zero-order valence-corrected chi connectivity index (χ0v) is 8.20. The van der Waals surface area contributed by atoms with Gasteiger partial charge in [-0.1, -0.05) is 6.07 Å². The minimum atomic E-state index is -0.167. The smallest absolute Gasteiger partial charge is 0.0483 e. The number of hydrogen-bond acceptors (Lipinski definition) is 2. The summed E-state index contributed by atoms with van der Waals surface area (Å²) in [4.78, 5) is 4.08. The van der Waals surface area contributed by atoms with Gasteiger partial charge in [0.05, 0.1) is 0 Å². The summed E-state index contributed by atoms with van der Waals surface area (Å²) < 4.78 is 0. The van der Waals surface area contributed by atoms with Crippen molar-refractivity contribution in [3.63, 3.8) is 0 Å². The van der Waals surface area contributed by atoms with E-state index >= 15 is 0 Å². The molecular weight excluding hydrogens is 150 g/mol. The van der Waals surface area contributed by atoms with Gasteiger partial charge in [-0.3, -0.25) is 4.98 Å². The quantitative estimate of drug-likeness (QED) is 0.641. The summed E-state index contributed by atoms with van der Waals surface area (Å²) in [6, 6.07) is 4.00. The number of nitrogens with zero attached hydrogens (tertiary/aromatic N) is 1. The van der Waals surface area contributed by atoms with Crippen LogP contribution >= 0.6 is 0 Å². The Morgan fingerprint density at radius 1 is 1.33 bits per heavy atom. The maximum Gasteiger partial charge on any atom is 0.0483 e. The van der Waals surface area contributed by atoms with Crippen LogP contribution in [0.5, 0.6) is 0 Å². The zero-order valence-electron chi connectivity index (χ0n) is 8.20. The van der Waals surface area contributed by atoms with Crippen molar-refractivity contribution < 1.29 is 5.11 Å². The van der Waals surface area contributed by atoms with E-state index in [-0.39, 0.29) is 6.10 Å². The van der Waals surface area contributed by atoms with Gasteiger partial charge in [0, 0.05) is 18.0 Å². The largest absolute Gasteiger partial charge is 0.394 e. The maximum atomic E-state index is 8.06. The van der Waals surface area contributed by atoms with Crippen molar-refractivity contribution in [1.29, 1.82) is 0 Å². The van der Waals surface area contributed by atoms with E-state index in [2.05, 4.69) is 18.0 Å². The van der Waals surface area contributed by atoms with E-state index in [0.717, 1.165) is 5.69 Å². The van der Waals surface area contributed by atoms with Crippen molar-refractivity contribution in [1.82, 2.24) is 4.98 Å². The Morgan fingerprint density at radius 2 is 1.83 bits per heavy atom. The molecule has 0 saturated carbocycles. The summed E-state index contributed by atoms with van der Waals surface area (Å²) in [7, 11) is 0. The highest BCUT2D eigenvalue weighted by Gasteiger charge is 1.85. The molecule has 0 aliphatic rings. The first-order valence-corrected chi connectivity index (χ1v) is 4.10. The summed E-state index contributed by atoms with van der Waals surface area (Å²) in [5, 5.41) is 8.06. The van der Waals surface area contributed by atoms with Crippen LogP contribution in [-0.4, -0.2) is 16.2 Å². The molecule has 1 heterocycles. The Hall–Kier alpha value is -0.890. The van der Waals surface area contributed by atoms with E-state index in [4.69, 9.17) is 5.11 Å².